The van der Waals surface area contributed by atoms with Crippen LogP contribution in [0.2, 0.25) is 0 Å². The molecule has 2 rings (SSSR count). The van der Waals surface area contributed by atoms with Crippen molar-refractivity contribution in [2.75, 3.05) is 0 Å². The summed E-state index contributed by atoms with van der Waals surface area (Å²) in [7, 11) is 0. The average molecular weight is 193 g/mol. The first-order valence-electron chi connectivity index (χ1n) is 6.48. The normalized spacial score (nSPS) is 27.1. The highest BCUT2D eigenvalue weighted by Crippen LogP contribution is 2.24. The van der Waals surface area contributed by atoms with Crippen molar-refractivity contribution in [3.8, 4) is 0 Å². The highest BCUT2D eigenvalue weighted by Gasteiger charge is 2.14. The Labute approximate surface area is 88.0 Å². The van der Waals surface area contributed by atoms with Gasteiger partial charge in [-0.3, -0.25) is 4.99 Å². The number of nitrogens with zero attached hydrogens (tertiary/aromatic N) is 1. The molecule has 0 N–H and O–H groups in total. The number of hydrogen-bond donors (Lipinski definition) is 0. The second-order valence-corrected chi connectivity index (χ2v) is 4.99. The van der Waals surface area contributed by atoms with E-state index in [1.54, 1.807) is 0 Å². The molecule has 0 bridgehead atoms. The summed E-state index contributed by atoms with van der Waals surface area (Å²) in [6, 6.07) is 0.686. The highest BCUT2D eigenvalue weighted by atomic mass is 14.8. The minimum absolute atomic E-state index is 0.686. The fourth-order valence-corrected chi connectivity index (χ4v) is 2.76. The molecule has 80 valence electrons. The molecule has 0 aliphatic heterocycles. The Kier molecular flexibility index (Phi) is 4.03. The zero-order valence-electron chi connectivity index (χ0n) is 9.25. The first-order valence-corrected chi connectivity index (χ1v) is 6.48. The van der Waals surface area contributed by atoms with Crippen LogP contribution in [0, 0.1) is 5.92 Å². The van der Waals surface area contributed by atoms with Gasteiger partial charge in [0.05, 0.1) is 0 Å². The Morgan fingerprint density at radius 2 is 1.29 bits per heavy atom. The van der Waals surface area contributed by atoms with E-state index in [-0.39, 0.29) is 0 Å². The Hall–Kier alpha value is -0.330. The molecule has 2 saturated carbocycles. The van der Waals surface area contributed by atoms with Gasteiger partial charge >= 0.3 is 0 Å². The number of hydrogen-bond acceptors (Lipinski definition) is 1. The first-order chi connectivity index (χ1) is 6.95. The van der Waals surface area contributed by atoms with Crippen LogP contribution < -0.4 is 0 Å². The van der Waals surface area contributed by atoms with E-state index in [1.807, 2.05) is 0 Å². The summed E-state index contributed by atoms with van der Waals surface area (Å²) in [4.78, 5) is 4.78. The largest absolute Gasteiger partial charge is 0.294 e. The third kappa shape index (κ3) is 3.11. The van der Waals surface area contributed by atoms with Gasteiger partial charge in [-0.15, -0.1) is 0 Å². The molecular formula is C13H23N. The summed E-state index contributed by atoms with van der Waals surface area (Å²) in [5, 5.41) is 0. The van der Waals surface area contributed by atoms with Crippen molar-refractivity contribution in [1.29, 1.82) is 0 Å². The molecule has 0 aromatic heterocycles. The van der Waals surface area contributed by atoms with Crippen LogP contribution in [0.15, 0.2) is 4.99 Å². The van der Waals surface area contributed by atoms with E-state index < -0.39 is 0 Å². The Morgan fingerprint density at radius 3 is 1.93 bits per heavy atom. The molecule has 2 aliphatic carbocycles. The van der Waals surface area contributed by atoms with E-state index in [1.165, 1.54) is 64.2 Å². The van der Waals surface area contributed by atoms with Crippen LogP contribution in [-0.2, 0) is 0 Å². The van der Waals surface area contributed by atoms with Gasteiger partial charge in [0, 0.05) is 12.3 Å². The van der Waals surface area contributed by atoms with Crippen LogP contribution in [0.5, 0.6) is 0 Å². The molecule has 0 saturated heterocycles. The number of aliphatic imine (C=N–C) groups is 1. The maximum absolute atomic E-state index is 4.78. The van der Waals surface area contributed by atoms with Gasteiger partial charge in [-0.25, -0.2) is 0 Å². The van der Waals surface area contributed by atoms with E-state index in [0.717, 1.165) is 5.92 Å². The molecule has 0 amide bonds. The van der Waals surface area contributed by atoms with Crippen molar-refractivity contribution in [2.45, 2.75) is 70.3 Å². The topological polar surface area (TPSA) is 12.4 Å². The molecule has 2 fully saturated rings. The third-order valence-corrected chi connectivity index (χ3v) is 3.73. The Balaban J connectivity index is 1.73. The lowest BCUT2D eigenvalue weighted by atomic mass is 9.90. The molecule has 0 atom stereocenters. The van der Waals surface area contributed by atoms with E-state index in [4.69, 9.17) is 4.99 Å². The molecule has 0 heterocycles. The average Bonchev–Trinajstić information content (AvgIpc) is 2.29. The SMILES string of the molecule is C(=N/C1CCCCC1)/C1CCCCC1. The maximum Gasteiger partial charge on any atom is 0.0495 e. The van der Waals surface area contributed by atoms with Crippen LogP contribution in [-0.4, -0.2) is 12.3 Å². The fraction of sp³-hybridized carbons (Fsp3) is 0.923. The molecule has 0 radical (unpaired) electrons. The molecular weight excluding hydrogens is 170 g/mol. The fourth-order valence-electron chi connectivity index (χ4n) is 2.76. The van der Waals surface area contributed by atoms with E-state index >= 15 is 0 Å². The van der Waals surface area contributed by atoms with Crippen molar-refractivity contribution in [3.05, 3.63) is 0 Å². The lowest BCUT2D eigenvalue weighted by molar-refractivity contribution is 0.427. The second-order valence-electron chi connectivity index (χ2n) is 4.99. The summed E-state index contributed by atoms with van der Waals surface area (Å²) in [6.07, 6.45) is 16.4. The highest BCUT2D eigenvalue weighted by molar-refractivity contribution is 5.61. The van der Waals surface area contributed by atoms with Crippen molar-refractivity contribution >= 4 is 6.21 Å². The zero-order valence-corrected chi connectivity index (χ0v) is 9.25. The van der Waals surface area contributed by atoms with Gasteiger partial charge in [-0.05, 0) is 31.6 Å². The molecule has 2 aliphatic rings. The quantitative estimate of drug-likeness (QED) is 0.588. The molecule has 14 heavy (non-hydrogen) atoms. The van der Waals surface area contributed by atoms with Gasteiger partial charge in [0.15, 0.2) is 0 Å². The summed E-state index contributed by atoms with van der Waals surface area (Å²) in [5.41, 5.74) is 0. The zero-order chi connectivity index (χ0) is 9.64. The minimum atomic E-state index is 0.686. The third-order valence-electron chi connectivity index (χ3n) is 3.73. The minimum Gasteiger partial charge on any atom is -0.294 e. The lowest BCUT2D eigenvalue weighted by Gasteiger charge is -2.20. The molecule has 0 aromatic rings. The van der Waals surface area contributed by atoms with Crippen LogP contribution in [0.1, 0.15) is 64.2 Å². The van der Waals surface area contributed by atoms with Gasteiger partial charge < -0.3 is 0 Å². The maximum atomic E-state index is 4.78. The monoisotopic (exact) mass is 193 g/mol. The number of rotatable bonds is 2. The lowest BCUT2D eigenvalue weighted by Crippen LogP contribution is -2.13. The first kappa shape index (κ1) is 10.2. The van der Waals surface area contributed by atoms with Crippen LogP contribution in [0.4, 0.5) is 0 Å². The standard InChI is InChI=1S/C13H23N/c1-3-7-12(8-4-1)11-14-13-9-5-2-6-10-13/h11-13H,1-10H2/b14-11-. The van der Waals surface area contributed by atoms with Crippen LogP contribution in [0.25, 0.3) is 0 Å². The predicted octanol–water partition coefficient (Wildman–Crippen LogP) is 3.97. The van der Waals surface area contributed by atoms with Gasteiger partial charge in [0.25, 0.3) is 0 Å². The molecule has 0 aromatic carbocycles. The molecule has 1 nitrogen and oxygen atoms in total. The van der Waals surface area contributed by atoms with Crippen molar-refractivity contribution in [2.24, 2.45) is 10.9 Å². The summed E-state index contributed by atoms with van der Waals surface area (Å²) >= 11 is 0. The summed E-state index contributed by atoms with van der Waals surface area (Å²) in [6.45, 7) is 0. The molecule has 1 heteroatoms. The summed E-state index contributed by atoms with van der Waals surface area (Å²) < 4.78 is 0. The van der Waals surface area contributed by atoms with E-state index in [0.29, 0.717) is 6.04 Å². The Bertz CT molecular complexity index is 154. The van der Waals surface area contributed by atoms with E-state index in [2.05, 4.69) is 6.21 Å². The van der Waals surface area contributed by atoms with Crippen LogP contribution in [0.3, 0.4) is 0 Å². The van der Waals surface area contributed by atoms with Gasteiger partial charge in [0.1, 0.15) is 0 Å². The second kappa shape index (κ2) is 5.53. The summed E-state index contributed by atoms with van der Waals surface area (Å²) in [5.74, 6) is 0.825. The van der Waals surface area contributed by atoms with Gasteiger partial charge in [0.2, 0.25) is 0 Å². The van der Waals surface area contributed by atoms with Gasteiger partial charge in [-0.2, -0.15) is 0 Å². The van der Waals surface area contributed by atoms with Crippen molar-refractivity contribution in [1.82, 2.24) is 0 Å². The van der Waals surface area contributed by atoms with E-state index in [9.17, 15) is 0 Å². The predicted molar refractivity (Wildman–Crippen MR) is 61.9 cm³/mol. The molecule has 0 spiro atoms. The van der Waals surface area contributed by atoms with Gasteiger partial charge in [-0.1, -0.05) is 38.5 Å². The van der Waals surface area contributed by atoms with Crippen molar-refractivity contribution < 1.29 is 0 Å². The van der Waals surface area contributed by atoms with Crippen LogP contribution >= 0.6 is 0 Å². The Morgan fingerprint density at radius 1 is 0.714 bits per heavy atom. The molecule has 0 unspecified atom stereocenters. The smallest absolute Gasteiger partial charge is 0.0495 e. The van der Waals surface area contributed by atoms with Crippen molar-refractivity contribution in [3.63, 3.8) is 0 Å².